The molecule has 0 spiro atoms. The fourth-order valence-corrected chi connectivity index (χ4v) is 4.74. The molecule has 0 N–H and O–H groups in total. The van der Waals surface area contributed by atoms with Gasteiger partial charge in [0.15, 0.2) is 0 Å². The van der Waals surface area contributed by atoms with Crippen LogP contribution in [-0.2, 0) is 0 Å². The second-order valence-electron chi connectivity index (χ2n) is 12.4. The molecule has 1 aliphatic carbocycles. The molecule has 0 saturated carbocycles. The molecule has 0 radical (unpaired) electrons. The van der Waals surface area contributed by atoms with E-state index in [4.69, 9.17) is 0 Å². The van der Waals surface area contributed by atoms with Crippen LogP contribution in [0.4, 0.5) is 0 Å². The maximum Gasteiger partial charge on any atom is 0.0365 e. The van der Waals surface area contributed by atoms with Crippen LogP contribution in [0, 0.1) is 0 Å². The third-order valence-electron chi connectivity index (χ3n) is 7.57. The standard InChI is InChI=1S/C39H61N/c1-31(2)16-11-18-34(7)20-13-22-36(9)26-28-40(39-25-15-24-38(30-39)33(5)6)29-27-37(10)23-14-21-35(8)19-12-17-32(3)4/h16-17,20-21,25-27,30H,5,11-15,18-19,22-24,28-29H2,1-4,6-10H3/b34-20+,35-21+,36-26+,37-27+. The molecular formula is C39H61N. The number of hydrogen-bond acceptors (Lipinski definition) is 1. The van der Waals surface area contributed by atoms with E-state index in [-0.39, 0.29) is 0 Å². The van der Waals surface area contributed by atoms with E-state index in [1.165, 1.54) is 63.1 Å². The first-order valence-electron chi connectivity index (χ1n) is 15.7. The fraction of sp³-hybridized carbons (Fsp3) is 0.538. The lowest BCUT2D eigenvalue weighted by Gasteiger charge is -2.27. The van der Waals surface area contributed by atoms with Gasteiger partial charge < -0.3 is 4.90 Å². The predicted octanol–water partition coefficient (Wildman–Crippen LogP) is 12.3. The summed E-state index contributed by atoms with van der Waals surface area (Å²) in [4.78, 5) is 2.54. The van der Waals surface area contributed by atoms with Crippen LogP contribution in [0.1, 0.15) is 127 Å². The molecule has 1 nitrogen and oxygen atoms in total. The Balaban J connectivity index is 2.80. The third-order valence-corrected chi connectivity index (χ3v) is 7.57. The van der Waals surface area contributed by atoms with Crippen LogP contribution in [0.5, 0.6) is 0 Å². The van der Waals surface area contributed by atoms with E-state index in [0.29, 0.717) is 0 Å². The van der Waals surface area contributed by atoms with Crippen molar-refractivity contribution in [2.75, 3.05) is 13.1 Å². The molecule has 0 heterocycles. The molecule has 40 heavy (non-hydrogen) atoms. The highest BCUT2D eigenvalue weighted by Gasteiger charge is 2.12. The molecule has 1 rings (SSSR count). The second kappa shape index (κ2) is 20.4. The maximum atomic E-state index is 4.22. The van der Waals surface area contributed by atoms with Crippen LogP contribution in [0.25, 0.3) is 0 Å². The van der Waals surface area contributed by atoms with Crippen LogP contribution in [0.2, 0.25) is 0 Å². The van der Waals surface area contributed by atoms with Gasteiger partial charge in [-0.1, -0.05) is 88.1 Å². The number of nitrogens with zero attached hydrogens (tertiary/aromatic N) is 1. The van der Waals surface area contributed by atoms with Crippen LogP contribution in [0.3, 0.4) is 0 Å². The highest BCUT2D eigenvalue weighted by Crippen LogP contribution is 2.25. The van der Waals surface area contributed by atoms with Gasteiger partial charge in [-0.2, -0.15) is 0 Å². The van der Waals surface area contributed by atoms with E-state index in [1.807, 2.05) is 0 Å². The number of rotatable bonds is 18. The third kappa shape index (κ3) is 17.2. The lowest BCUT2D eigenvalue weighted by molar-refractivity contribution is 0.427. The molecule has 1 aliphatic rings. The second-order valence-corrected chi connectivity index (χ2v) is 12.4. The van der Waals surface area contributed by atoms with E-state index in [2.05, 4.69) is 122 Å². The topological polar surface area (TPSA) is 3.24 Å². The van der Waals surface area contributed by atoms with Gasteiger partial charge in [0.05, 0.1) is 0 Å². The predicted molar refractivity (Wildman–Crippen MR) is 183 cm³/mol. The summed E-state index contributed by atoms with van der Waals surface area (Å²) in [6.07, 6.45) is 30.6. The van der Waals surface area contributed by atoms with Gasteiger partial charge in [-0.05, 0) is 138 Å². The van der Waals surface area contributed by atoms with Crippen LogP contribution < -0.4 is 0 Å². The zero-order valence-corrected chi connectivity index (χ0v) is 27.8. The smallest absolute Gasteiger partial charge is 0.0365 e. The molecule has 0 saturated heterocycles. The molecule has 0 bridgehead atoms. The highest BCUT2D eigenvalue weighted by molar-refractivity contribution is 5.37. The van der Waals surface area contributed by atoms with Crippen LogP contribution >= 0.6 is 0 Å². The van der Waals surface area contributed by atoms with Gasteiger partial charge in [-0.25, -0.2) is 0 Å². The van der Waals surface area contributed by atoms with Crippen molar-refractivity contribution in [1.29, 1.82) is 0 Å². The summed E-state index contributed by atoms with van der Waals surface area (Å²) in [5.41, 5.74) is 12.7. The van der Waals surface area contributed by atoms with Crippen molar-refractivity contribution in [3.8, 4) is 0 Å². The Labute approximate surface area is 249 Å². The molecule has 0 aromatic rings. The van der Waals surface area contributed by atoms with Crippen molar-refractivity contribution in [2.24, 2.45) is 0 Å². The van der Waals surface area contributed by atoms with Crippen molar-refractivity contribution in [3.63, 3.8) is 0 Å². The molecule has 222 valence electrons. The summed E-state index contributed by atoms with van der Waals surface area (Å²) < 4.78 is 0. The minimum atomic E-state index is 0.952. The molecule has 1 heteroatoms. The lowest BCUT2D eigenvalue weighted by atomic mass is 9.97. The molecule has 0 amide bonds. The van der Waals surface area contributed by atoms with Crippen molar-refractivity contribution in [3.05, 3.63) is 105 Å². The number of hydrogen-bond donors (Lipinski definition) is 0. The van der Waals surface area contributed by atoms with Crippen LogP contribution in [0.15, 0.2) is 105 Å². The Bertz CT molecular complexity index is 976. The average Bonchev–Trinajstić information content (AvgIpc) is 2.88. The van der Waals surface area contributed by atoms with Gasteiger partial charge in [-0.3, -0.25) is 0 Å². The first-order chi connectivity index (χ1) is 19.0. The summed E-state index contributed by atoms with van der Waals surface area (Å²) in [5.74, 6) is 0. The van der Waals surface area contributed by atoms with Gasteiger partial charge in [0, 0.05) is 18.8 Å². The SMILES string of the molecule is C=C(C)C1=CC(N(C/C=C(\C)CC/C=C(\C)CCC=C(C)C)C/C=C(\C)CC/C=C(\C)CCC=C(C)C)=CCC1. The van der Waals surface area contributed by atoms with Crippen molar-refractivity contribution >= 4 is 0 Å². The van der Waals surface area contributed by atoms with E-state index < -0.39 is 0 Å². The summed E-state index contributed by atoms with van der Waals surface area (Å²) >= 11 is 0. The molecule has 0 atom stereocenters. The molecular weight excluding hydrogens is 482 g/mol. The zero-order chi connectivity index (χ0) is 29.9. The van der Waals surface area contributed by atoms with Crippen molar-refractivity contribution in [2.45, 2.75) is 127 Å². The molecule has 0 fully saturated rings. The van der Waals surface area contributed by atoms with E-state index in [9.17, 15) is 0 Å². The summed E-state index contributed by atoms with van der Waals surface area (Å²) in [5, 5.41) is 0. The Hall–Kier alpha value is -2.54. The van der Waals surface area contributed by atoms with Gasteiger partial charge in [0.2, 0.25) is 0 Å². The summed E-state index contributed by atoms with van der Waals surface area (Å²) in [6, 6.07) is 0. The monoisotopic (exact) mass is 543 g/mol. The molecule has 0 aromatic heterocycles. The Morgan fingerprint density at radius 3 is 1.43 bits per heavy atom. The van der Waals surface area contributed by atoms with Gasteiger partial charge in [0.25, 0.3) is 0 Å². The molecule has 0 aliphatic heterocycles. The molecule has 0 aromatic carbocycles. The first-order valence-corrected chi connectivity index (χ1v) is 15.7. The van der Waals surface area contributed by atoms with Crippen molar-refractivity contribution in [1.82, 2.24) is 4.90 Å². The van der Waals surface area contributed by atoms with Gasteiger partial charge in [0.1, 0.15) is 0 Å². The summed E-state index contributed by atoms with van der Waals surface area (Å²) in [6.45, 7) is 26.1. The molecule has 0 unspecified atom stereocenters. The maximum absolute atomic E-state index is 4.22. The Kier molecular flexibility index (Phi) is 18.1. The van der Waals surface area contributed by atoms with E-state index in [1.54, 1.807) is 0 Å². The average molecular weight is 544 g/mol. The minimum absolute atomic E-state index is 0.952. The van der Waals surface area contributed by atoms with Gasteiger partial charge >= 0.3 is 0 Å². The number of allylic oxidation sites excluding steroid dienone is 14. The lowest BCUT2D eigenvalue weighted by Crippen LogP contribution is -2.24. The van der Waals surface area contributed by atoms with Crippen molar-refractivity contribution < 1.29 is 0 Å². The largest absolute Gasteiger partial charge is 0.364 e. The van der Waals surface area contributed by atoms with E-state index in [0.717, 1.165) is 64.5 Å². The summed E-state index contributed by atoms with van der Waals surface area (Å²) in [7, 11) is 0. The Morgan fingerprint density at radius 1 is 0.625 bits per heavy atom. The zero-order valence-electron chi connectivity index (χ0n) is 27.8. The van der Waals surface area contributed by atoms with Crippen LogP contribution in [-0.4, -0.2) is 18.0 Å². The Morgan fingerprint density at radius 2 is 1.02 bits per heavy atom. The van der Waals surface area contributed by atoms with Gasteiger partial charge in [-0.15, -0.1) is 0 Å². The highest BCUT2D eigenvalue weighted by atomic mass is 15.1. The fourth-order valence-electron chi connectivity index (χ4n) is 4.74. The minimum Gasteiger partial charge on any atom is -0.364 e. The first kappa shape index (κ1) is 35.5. The normalized spacial score (nSPS) is 14.9. The quantitative estimate of drug-likeness (QED) is 0.155. The van der Waals surface area contributed by atoms with E-state index >= 15 is 0 Å².